The third kappa shape index (κ3) is 4.13. The molecule has 0 radical (unpaired) electrons. The lowest BCUT2D eigenvalue weighted by Crippen LogP contribution is -1.88. The van der Waals surface area contributed by atoms with Gasteiger partial charge in [-0.2, -0.15) is 0 Å². The second kappa shape index (κ2) is 7.02. The molecule has 0 aliphatic heterocycles. The van der Waals surface area contributed by atoms with Crippen LogP contribution < -0.4 is 0 Å². The topological polar surface area (TPSA) is 9.23 Å². The van der Waals surface area contributed by atoms with Crippen molar-refractivity contribution in [2.45, 2.75) is 12.8 Å². The first-order valence-electron chi connectivity index (χ1n) is 5.22. The molecule has 0 fully saturated rings. The SMILES string of the molecule is C=CC/C(=C/CCOC)c1ccccc1. The predicted octanol–water partition coefficient (Wildman–Crippen LogP) is 3.68. The van der Waals surface area contributed by atoms with Gasteiger partial charge in [-0.05, 0) is 24.0 Å². The van der Waals surface area contributed by atoms with Crippen LogP contribution in [0.2, 0.25) is 0 Å². The van der Waals surface area contributed by atoms with Crippen LogP contribution in [0.4, 0.5) is 0 Å². The predicted molar refractivity (Wildman–Crippen MR) is 65.7 cm³/mol. The van der Waals surface area contributed by atoms with Gasteiger partial charge in [0, 0.05) is 13.7 Å². The van der Waals surface area contributed by atoms with Crippen molar-refractivity contribution in [1.82, 2.24) is 0 Å². The fourth-order valence-electron chi connectivity index (χ4n) is 1.48. The Morgan fingerprint density at radius 3 is 2.67 bits per heavy atom. The molecule has 1 aromatic rings. The molecule has 0 amide bonds. The van der Waals surface area contributed by atoms with E-state index in [0.717, 1.165) is 19.4 Å². The third-order valence-electron chi connectivity index (χ3n) is 2.22. The van der Waals surface area contributed by atoms with Gasteiger partial charge in [0.2, 0.25) is 0 Å². The quantitative estimate of drug-likeness (QED) is 0.505. The lowest BCUT2D eigenvalue weighted by atomic mass is 10.0. The molecule has 0 bridgehead atoms. The minimum absolute atomic E-state index is 0.771. The van der Waals surface area contributed by atoms with E-state index in [4.69, 9.17) is 4.74 Å². The standard InChI is InChI=1S/C14H18O/c1-3-8-13(11-7-12-15-2)14-9-5-4-6-10-14/h3-6,9-11H,1,7-8,12H2,2H3/b13-11-. The van der Waals surface area contributed by atoms with Crippen LogP contribution in [-0.2, 0) is 4.74 Å². The van der Waals surface area contributed by atoms with Gasteiger partial charge >= 0.3 is 0 Å². The van der Waals surface area contributed by atoms with Gasteiger partial charge in [-0.1, -0.05) is 42.5 Å². The summed E-state index contributed by atoms with van der Waals surface area (Å²) >= 11 is 0. The van der Waals surface area contributed by atoms with Gasteiger partial charge in [-0.25, -0.2) is 0 Å². The third-order valence-corrected chi connectivity index (χ3v) is 2.22. The van der Waals surface area contributed by atoms with E-state index in [9.17, 15) is 0 Å². The molecule has 1 rings (SSSR count). The lowest BCUT2D eigenvalue weighted by Gasteiger charge is -2.05. The number of hydrogen-bond donors (Lipinski definition) is 0. The fourth-order valence-corrected chi connectivity index (χ4v) is 1.48. The fraction of sp³-hybridized carbons (Fsp3) is 0.286. The van der Waals surface area contributed by atoms with Crippen LogP contribution in [0.1, 0.15) is 18.4 Å². The summed E-state index contributed by atoms with van der Waals surface area (Å²) in [5.41, 5.74) is 2.59. The zero-order valence-corrected chi connectivity index (χ0v) is 9.28. The molecule has 0 aliphatic carbocycles. The maximum atomic E-state index is 5.04. The molecule has 0 spiro atoms. The highest BCUT2D eigenvalue weighted by Gasteiger charge is 1.97. The molecule has 0 aliphatic rings. The van der Waals surface area contributed by atoms with Crippen molar-refractivity contribution < 1.29 is 4.74 Å². The number of methoxy groups -OCH3 is 1. The molecule has 15 heavy (non-hydrogen) atoms. The smallest absolute Gasteiger partial charge is 0.0496 e. The molecule has 0 unspecified atom stereocenters. The van der Waals surface area contributed by atoms with Crippen LogP contribution in [0, 0.1) is 0 Å². The summed E-state index contributed by atoms with van der Waals surface area (Å²) in [7, 11) is 1.73. The maximum Gasteiger partial charge on any atom is 0.0496 e. The Kier molecular flexibility index (Phi) is 5.49. The van der Waals surface area contributed by atoms with Gasteiger partial charge in [0.15, 0.2) is 0 Å². The molecule has 1 nitrogen and oxygen atoms in total. The highest BCUT2D eigenvalue weighted by Crippen LogP contribution is 2.18. The van der Waals surface area contributed by atoms with Crippen molar-refractivity contribution in [3.05, 3.63) is 54.6 Å². The highest BCUT2D eigenvalue weighted by molar-refractivity contribution is 5.66. The summed E-state index contributed by atoms with van der Waals surface area (Å²) in [5, 5.41) is 0. The van der Waals surface area contributed by atoms with Gasteiger partial charge in [0.25, 0.3) is 0 Å². The van der Waals surface area contributed by atoms with Crippen molar-refractivity contribution in [3.63, 3.8) is 0 Å². The summed E-state index contributed by atoms with van der Waals surface area (Å²) in [6.45, 7) is 4.55. The first-order valence-corrected chi connectivity index (χ1v) is 5.22. The Morgan fingerprint density at radius 1 is 1.33 bits per heavy atom. The second-order valence-corrected chi connectivity index (χ2v) is 3.37. The largest absolute Gasteiger partial charge is 0.384 e. The number of rotatable bonds is 6. The molecule has 0 aromatic heterocycles. The van der Waals surface area contributed by atoms with Crippen LogP contribution in [-0.4, -0.2) is 13.7 Å². The molecular formula is C14H18O. The van der Waals surface area contributed by atoms with Crippen molar-refractivity contribution in [2.75, 3.05) is 13.7 Å². The maximum absolute atomic E-state index is 5.04. The van der Waals surface area contributed by atoms with Crippen molar-refractivity contribution >= 4 is 5.57 Å². The summed E-state index contributed by atoms with van der Waals surface area (Å²) in [5.74, 6) is 0. The van der Waals surface area contributed by atoms with Gasteiger partial charge < -0.3 is 4.74 Å². The molecule has 0 saturated carbocycles. The molecule has 80 valence electrons. The second-order valence-electron chi connectivity index (χ2n) is 3.37. The average Bonchev–Trinajstić information content (AvgIpc) is 2.29. The number of ether oxygens (including phenoxy) is 1. The van der Waals surface area contributed by atoms with Crippen LogP contribution in [0.15, 0.2) is 49.1 Å². The molecule has 0 atom stereocenters. The monoisotopic (exact) mass is 202 g/mol. The molecular weight excluding hydrogens is 184 g/mol. The average molecular weight is 202 g/mol. The van der Waals surface area contributed by atoms with Gasteiger partial charge in [-0.3, -0.25) is 0 Å². The van der Waals surface area contributed by atoms with Crippen LogP contribution in [0.25, 0.3) is 5.57 Å². The first-order chi connectivity index (χ1) is 7.38. The highest BCUT2D eigenvalue weighted by atomic mass is 16.5. The van der Waals surface area contributed by atoms with Gasteiger partial charge in [0.05, 0.1) is 0 Å². The molecule has 0 saturated heterocycles. The zero-order valence-electron chi connectivity index (χ0n) is 9.28. The van der Waals surface area contributed by atoms with Crippen LogP contribution >= 0.6 is 0 Å². The number of hydrogen-bond acceptors (Lipinski definition) is 1. The summed E-state index contributed by atoms with van der Waals surface area (Å²) in [4.78, 5) is 0. The van der Waals surface area contributed by atoms with Crippen molar-refractivity contribution in [3.8, 4) is 0 Å². The Labute approximate surface area is 92.1 Å². The molecule has 1 heteroatoms. The first kappa shape index (κ1) is 11.7. The summed E-state index contributed by atoms with van der Waals surface area (Å²) in [6, 6.07) is 10.4. The van der Waals surface area contributed by atoms with E-state index in [1.54, 1.807) is 7.11 Å². The van der Waals surface area contributed by atoms with E-state index < -0.39 is 0 Å². The Bertz CT molecular complexity index is 311. The zero-order chi connectivity index (χ0) is 10.9. The summed E-state index contributed by atoms with van der Waals surface area (Å²) in [6.07, 6.45) is 6.02. The van der Waals surface area contributed by atoms with E-state index in [1.807, 2.05) is 12.1 Å². The molecule has 1 aromatic carbocycles. The van der Waals surface area contributed by atoms with E-state index in [1.165, 1.54) is 11.1 Å². The van der Waals surface area contributed by atoms with Gasteiger partial charge in [0.1, 0.15) is 0 Å². The van der Waals surface area contributed by atoms with E-state index in [0.29, 0.717) is 0 Å². The molecule has 0 heterocycles. The Balaban J connectivity index is 2.73. The Hall–Kier alpha value is -1.34. The Morgan fingerprint density at radius 2 is 2.07 bits per heavy atom. The van der Waals surface area contributed by atoms with Gasteiger partial charge in [-0.15, -0.1) is 6.58 Å². The summed E-state index contributed by atoms with van der Waals surface area (Å²) < 4.78 is 5.04. The van der Waals surface area contributed by atoms with Crippen molar-refractivity contribution in [1.29, 1.82) is 0 Å². The minimum Gasteiger partial charge on any atom is -0.384 e. The number of allylic oxidation sites excluding steroid dienone is 2. The minimum atomic E-state index is 0.771. The van der Waals surface area contributed by atoms with E-state index >= 15 is 0 Å². The van der Waals surface area contributed by atoms with E-state index in [2.05, 4.69) is 36.9 Å². The normalized spacial score (nSPS) is 11.4. The number of benzene rings is 1. The molecule has 0 N–H and O–H groups in total. The van der Waals surface area contributed by atoms with Crippen LogP contribution in [0.3, 0.4) is 0 Å². The van der Waals surface area contributed by atoms with Crippen LogP contribution in [0.5, 0.6) is 0 Å². The lowest BCUT2D eigenvalue weighted by molar-refractivity contribution is 0.204. The van der Waals surface area contributed by atoms with E-state index in [-0.39, 0.29) is 0 Å². The van der Waals surface area contributed by atoms with Crippen molar-refractivity contribution in [2.24, 2.45) is 0 Å².